The highest BCUT2D eigenvalue weighted by molar-refractivity contribution is 7.92. The zero-order valence-corrected chi connectivity index (χ0v) is 40.4. The molecule has 1 N–H and O–H groups in total. The highest BCUT2D eigenvalue weighted by Crippen LogP contribution is 2.47. The first-order valence-corrected chi connectivity index (χ1v) is 26.9. The summed E-state index contributed by atoms with van der Waals surface area (Å²) in [6, 6.07) is 52.1. The Morgan fingerprint density at radius 3 is 1.30 bits per heavy atom. The third-order valence-electron chi connectivity index (χ3n) is 12.2. The van der Waals surface area contributed by atoms with Crippen molar-refractivity contribution in [2.75, 3.05) is 17.9 Å². The fourth-order valence-electron chi connectivity index (χ4n) is 9.34. The van der Waals surface area contributed by atoms with E-state index in [4.69, 9.17) is 13.6 Å². The fraction of sp³-hybridized carbons (Fsp3) is 0.264. The van der Waals surface area contributed by atoms with Crippen molar-refractivity contribution < 1.29 is 26.8 Å². The lowest BCUT2D eigenvalue weighted by Crippen LogP contribution is -2.67. The summed E-state index contributed by atoms with van der Waals surface area (Å²) in [6.45, 7) is 17.2. The smallest absolute Gasteiger partial charge is 0.308 e. The molecule has 0 radical (unpaired) electrons. The van der Waals surface area contributed by atoms with Gasteiger partial charge in [-0.15, -0.1) is 0 Å². The van der Waals surface area contributed by atoms with Gasteiger partial charge in [-0.25, -0.2) is 8.42 Å². The number of ether oxygens (including phenoxy) is 1. The third-order valence-corrected chi connectivity index (χ3v) is 23.6. The maximum Gasteiger partial charge on any atom is 0.308 e. The predicted molar refractivity (Wildman–Crippen MR) is 262 cm³/mol. The summed E-state index contributed by atoms with van der Waals surface area (Å²) < 4.78 is 52.7. The maximum absolute atomic E-state index is 14.3. The van der Waals surface area contributed by atoms with Gasteiger partial charge in [-0.05, 0) is 67.6 Å². The maximum atomic E-state index is 14.3. The quantitative estimate of drug-likeness (QED) is 0.0507. The lowest BCUT2D eigenvalue weighted by Gasteiger charge is -2.45. The van der Waals surface area contributed by atoms with Crippen LogP contribution in [0.25, 0.3) is 0 Å². The van der Waals surface area contributed by atoms with Gasteiger partial charge in [0.15, 0.2) is 0 Å². The van der Waals surface area contributed by atoms with E-state index >= 15 is 0 Å². The molecule has 2 unspecified atom stereocenters. The van der Waals surface area contributed by atoms with Gasteiger partial charge in [0.05, 0.1) is 10.6 Å². The van der Waals surface area contributed by atoms with Crippen LogP contribution in [-0.4, -0.2) is 44.2 Å². The van der Waals surface area contributed by atoms with Crippen molar-refractivity contribution in [3.8, 4) is 5.75 Å². The molecule has 326 valence electrons. The van der Waals surface area contributed by atoms with Crippen molar-refractivity contribution in [1.29, 1.82) is 0 Å². The molecule has 0 spiro atoms. The van der Waals surface area contributed by atoms with E-state index in [0.717, 1.165) is 26.3 Å². The summed E-state index contributed by atoms with van der Waals surface area (Å²) in [6.07, 6.45) is 4.26. The summed E-state index contributed by atoms with van der Waals surface area (Å²) in [5, 5.41) is 3.94. The Labute approximate surface area is 376 Å². The lowest BCUT2D eigenvalue weighted by molar-refractivity contribution is -0.131. The molecule has 1 aliphatic carbocycles. The number of hydrogen-bond acceptors (Lipinski definition) is 6. The van der Waals surface area contributed by atoms with Gasteiger partial charge in [0, 0.05) is 37.5 Å². The Bertz CT molecular complexity index is 2570. The van der Waals surface area contributed by atoms with Crippen molar-refractivity contribution in [2.24, 2.45) is 0 Å². The molecule has 10 heteroatoms. The molecule has 0 bridgehead atoms. The number of esters is 1. The van der Waals surface area contributed by atoms with E-state index in [1.807, 2.05) is 31.2 Å². The molecule has 2 atom stereocenters. The molecule has 0 aliphatic heterocycles. The van der Waals surface area contributed by atoms with E-state index in [9.17, 15) is 13.2 Å². The van der Waals surface area contributed by atoms with E-state index in [1.165, 1.54) is 6.92 Å². The number of carbonyl (C=O) groups is 1. The van der Waals surface area contributed by atoms with Gasteiger partial charge in [0.1, 0.15) is 5.75 Å². The number of hydrogen-bond donors (Lipinski definition) is 1. The number of fused-ring (bicyclic) bond motifs is 1. The topological polar surface area (TPSA) is 90.9 Å². The van der Waals surface area contributed by atoms with E-state index in [-0.39, 0.29) is 28.2 Å². The van der Waals surface area contributed by atoms with Gasteiger partial charge in [-0.1, -0.05) is 193 Å². The normalized spacial score (nSPS) is 15.7. The van der Waals surface area contributed by atoms with Gasteiger partial charge in [0.25, 0.3) is 26.7 Å². The SMILES string of the molecule is CC(=O)Oc1ccc(NS(=O)(=O)c2ccc(C)cc2)c2c1C(CO[Si](c1ccccc1)(c1ccccc1)C(C)(C)C)C=CC2CO[Si](c1ccccc1)(c1ccccc1)C(C)(C)C. The van der Waals surface area contributed by atoms with Crippen LogP contribution in [0.3, 0.4) is 0 Å². The Balaban J connectivity index is 1.41. The van der Waals surface area contributed by atoms with Crippen molar-refractivity contribution in [3.05, 3.63) is 187 Å². The second-order valence-electron chi connectivity index (χ2n) is 18.5. The molecule has 6 aromatic carbocycles. The molecule has 0 amide bonds. The molecule has 0 saturated heterocycles. The Morgan fingerprint density at radius 1 is 0.556 bits per heavy atom. The molecule has 7 nitrogen and oxygen atoms in total. The molecule has 6 aromatic rings. The molecule has 1 aliphatic rings. The van der Waals surface area contributed by atoms with Gasteiger partial charge in [-0.2, -0.15) is 0 Å². The summed E-state index contributed by atoms with van der Waals surface area (Å²) >= 11 is 0. The largest absolute Gasteiger partial charge is 0.426 e. The molecular weight excluding hydrogens is 835 g/mol. The highest BCUT2D eigenvalue weighted by Gasteiger charge is 2.52. The van der Waals surface area contributed by atoms with Crippen LogP contribution in [0.4, 0.5) is 5.69 Å². The van der Waals surface area contributed by atoms with Crippen molar-refractivity contribution in [1.82, 2.24) is 0 Å². The average molecular weight is 894 g/mol. The number of sulfonamides is 1. The number of anilines is 1. The predicted octanol–water partition coefficient (Wildman–Crippen LogP) is 9.61. The second-order valence-corrected chi connectivity index (χ2v) is 28.8. The van der Waals surface area contributed by atoms with Crippen LogP contribution in [0.1, 0.15) is 77.0 Å². The average Bonchev–Trinajstić information content (AvgIpc) is 3.25. The summed E-state index contributed by atoms with van der Waals surface area (Å²) in [7, 11) is -10.1. The van der Waals surface area contributed by atoms with Gasteiger partial charge >= 0.3 is 5.97 Å². The Kier molecular flexibility index (Phi) is 13.3. The minimum atomic E-state index is -4.06. The van der Waals surface area contributed by atoms with Gasteiger partial charge in [-0.3, -0.25) is 9.52 Å². The fourth-order valence-corrected chi connectivity index (χ4v) is 19.6. The number of aryl methyl sites for hydroxylation is 1. The molecule has 0 saturated carbocycles. The first-order chi connectivity index (χ1) is 30.0. The highest BCUT2D eigenvalue weighted by atomic mass is 32.2. The molecule has 0 aromatic heterocycles. The standard InChI is InChI=1S/C53H59NO6SSi2/c1-39-29-33-43(34-30-39)61(56,57)54-48-35-36-49(60-40(2)55)51-42(38-59-63(53(6,7)8,46-25-17-11-18-26-46)47-27-19-12-20-28-47)32-31-41(50(48)51)37-58-62(52(3,4)5,44-21-13-9-14-22-44)45-23-15-10-16-24-45/h9-36,41-42,54H,37-38H2,1-8H3. The Hall–Kier alpha value is -5.37. The van der Waals surface area contributed by atoms with E-state index in [0.29, 0.717) is 22.6 Å². The van der Waals surface area contributed by atoms with E-state index < -0.39 is 44.5 Å². The molecule has 7 rings (SSSR count). The molecule has 63 heavy (non-hydrogen) atoms. The monoisotopic (exact) mass is 893 g/mol. The van der Waals surface area contributed by atoms with Crippen molar-refractivity contribution in [3.63, 3.8) is 0 Å². The minimum absolute atomic E-state index is 0.143. The minimum Gasteiger partial charge on any atom is -0.426 e. The van der Waals surface area contributed by atoms with E-state index in [1.54, 1.807) is 36.4 Å². The summed E-state index contributed by atoms with van der Waals surface area (Å²) in [4.78, 5) is 13.1. The van der Waals surface area contributed by atoms with Crippen LogP contribution in [0.15, 0.2) is 175 Å². The van der Waals surface area contributed by atoms with E-state index in [2.05, 4.69) is 155 Å². The summed E-state index contributed by atoms with van der Waals surface area (Å²) in [5.41, 5.74) is 2.70. The number of nitrogens with one attached hydrogen (secondary N) is 1. The van der Waals surface area contributed by atoms with Crippen LogP contribution in [0.5, 0.6) is 5.75 Å². The molecular formula is C53H59NO6SSi2. The van der Waals surface area contributed by atoms with Crippen LogP contribution in [-0.2, 0) is 23.7 Å². The third kappa shape index (κ3) is 9.19. The van der Waals surface area contributed by atoms with Crippen LogP contribution in [0.2, 0.25) is 10.1 Å². The summed E-state index contributed by atoms with van der Waals surface area (Å²) in [5.74, 6) is -1.00. The number of benzene rings is 6. The number of carbonyl (C=O) groups excluding carboxylic acids is 1. The molecule has 0 heterocycles. The molecule has 0 fully saturated rings. The van der Waals surface area contributed by atoms with Crippen molar-refractivity contribution >= 4 is 59.1 Å². The Morgan fingerprint density at radius 2 is 0.937 bits per heavy atom. The van der Waals surface area contributed by atoms with Crippen LogP contribution < -0.4 is 30.2 Å². The van der Waals surface area contributed by atoms with Crippen molar-refractivity contribution in [2.45, 2.75) is 82.2 Å². The first kappa shape index (κ1) is 45.7. The zero-order valence-electron chi connectivity index (χ0n) is 37.6. The van der Waals surface area contributed by atoms with Crippen LogP contribution >= 0.6 is 0 Å². The second kappa shape index (κ2) is 18.4. The van der Waals surface area contributed by atoms with Crippen LogP contribution in [0, 0.1) is 6.92 Å². The van der Waals surface area contributed by atoms with Gasteiger partial charge in [0.2, 0.25) is 0 Å². The first-order valence-electron chi connectivity index (χ1n) is 21.6. The zero-order chi connectivity index (χ0) is 45.0. The lowest BCUT2D eigenvalue weighted by atomic mass is 9.81. The van der Waals surface area contributed by atoms with Gasteiger partial charge < -0.3 is 13.6 Å². The number of rotatable bonds is 14.